The van der Waals surface area contributed by atoms with Crippen molar-refractivity contribution in [2.75, 3.05) is 7.05 Å². The van der Waals surface area contributed by atoms with E-state index in [4.69, 9.17) is 0 Å². The molecule has 0 saturated carbocycles. The number of hydrogen-bond acceptors (Lipinski definition) is 3. The number of aryl methyl sites for hydroxylation is 2. The highest BCUT2D eigenvalue weighted by Gasteiger charge is 2.25. The van der Waals surface area contributed by atoms with E-state index >= 15 is 0 Å². The number of fused-ring (bicyclic) bond motifs is 2. The van der Waals surface area contributed by atoms with Gasteiger partial charge in [-0.3, -0.25) is 9.36 Å². The molecule has 2 aromatic heterocycles. The molecule has 0 spiro atoms. The second-order valence-corrected chi connectivity index (χ2v) is 7.00. The van der Waals surface area contributed by atoms with Crippen LogP contribution < -0.4 is 5.69 Å². The lowest BCUT2D eigenvalue weighted by Gasteiger charge is -2.27. The molecule has 0 saturated heterocycles. The molecule has 1 aliphatic rings. The fraction of sp³-hybridized carbons (Fsp3) is 0.421. The van der Waals surface area contributed by atoms with Crippen molar-refractivity contribution in [3.05, 3.63) is 52.3 Å². The van der Waals surface area contributed by atoms with Crippen molar-refractivity contribution < 1.29 is 4.79 Å². The van der Waals surface area contributed by atoms with Crippen LogP contribution >= 0.6 is 0 Å². The highest BCUT2D eigenvalue weighted by atomic mass is 16.2. The Morgan fingerprint density at radius 2 is 2.15 bits per heavy atom. The molecule has 0 fully saturated rings. The molecule has 1 N–H and O–H groups in total. The van der Waals surface area contributed by atoms with Gasteiger partial charge in [0.25, 0.3) is 0 Å². The zero-order valence-corrected chi connectivity index (χ0v) is 15.1. The Balaban J connectivity index is 1.46. The smallest absolute Gasteiger partial charge is 0.345 e. The summed E-state index contributed by atoms with van der Waals surface area (Å²) in [5, 5.41) is 5.40. The summed E-state index contributed by atoms with van der Waals surface area (Å²) < 4.78 is 3.12. The summed E-state index contributed by atoms with van der Waals surface area (Å²) in [4.78, 5) is 30.0. The monoisotopic (exact) mass is 353 g/mol. The summed E-state index contributed by atoms with van der Waals surface area (Å²) in [6, 6.07) is 8.14. The van der Waals surface area contributed by atoms with Crippen molar-refractivity contribution in [3.63, 3.8) is 0 Å². The Kier molecular flexibility index (Phi) is 4.14. The van der Waals surface area contributed by atoms with Crippen LogP contribution in [0.4, 0.5) is 0 Å². The average molecular weight is 353 g/mol. The molecule has 0 bridgehead atoms. The molecule has 1 amide bonds. The number of para-hydroxylation sites is 1. The number of carbonyl (C=O) groups excluding carboxylic acids is 1. The van der Waals surface area contributed by atoms with Gasteiger partial charge in [0.2, 0.25) is 5.91 Å². The first-order valence-corrected chi connectivity index (χ1v) is 8.98. The third-order valence-electron chi connectivity index (χ3n) is 5.43. The molecular weight excluding hydrogens is 330 g/mol. The molecule has 3 aromatic rings. The number of likely N-dealkylation sites (N-methyl/N-ethyl adjacent to an activating group) is 1. The Morgan fingerprint density at radius 1 is 1.35 bits per heavy atom. The predicted octanol–water partition coefficient (Wildman–Crippen LogP) is 1.47. The molecule has 7 heteroatoms. The van der Waals surface area contributed by atoms with Gasteiger partial charge in [-0.05, 0) is 24.5 Å². The standard InChI is InChI=1S/C19H23N5O2/c1-22(14-7-8-17-21-23(2)19(26)24(17)10-9-14)18(25)11-13-12-20-16-6-4-3-5-15(13)16/h3-6,12,14,20H,7-11H2,1-2H3. The molecule has 1 unspecified atom stereocenters. The average Bonchev–Trinajstić information content (AvgIpc) is 3.08. The largest absolute Gasteiger partial charge is 0.361 e. The zero-order chi connectivity index (χ0) is 18.3. The molecule has 1 atom stereocenters. The van der Waals surface area contributed by atoms with E-state index in [1.54, 1.807) is 11.6 Å². The molecule has 0 radical (unpaired) electrons. The van der Waals surface area contributed by atoms with Gasteiger partial charge in [-0.25, -0.2) is 9.48 Å². The fourth-order valence-corrected chi connectivity index (χ4v) is 3.84. The lowest BCUT2D eigenvalue weighted by molar-refractivity contribution is -0.131. The van der Waals surface area contributed by atoms with E-state index in [0.717, 1.165) is 35.1 Å². The van der Waals surface area contributed by atoms with E-state index in [2.05, 4.69) is 10.1 Å². The van der Waals surface area contributed by atoms with Crippen LogP contribution in [0.2, 0.25) is 0 Å². The van der Waals surface area contributed by atoms with Gasteiger partial charge in [0.05, 0.1) is 6.42 Å². The number of nitrogens with one attached hydrogen (secondary N) is 1. The quantitative estimate of drug-likeness (QED) is 0.775. The van der Waals surface area contributed by atoms with Crippen molar-refractivity contribution in [1.82, 2.24) is 24.2 Å². The number of nitrogens with zero attached hydrogens (tertiary/aromatic N) is 4. The van der Waals surface area contributed by atoms with E-state index in [1.807, 2.05) is 42.4 Å². The molecule has 3 heterocycles. The molecular formula is C19H23N5O2. The van der Waals surface area contributed by atoms with Crippen molar-refractivity contribution in [3.8, 4) is 0 Å². The lowest BCUT2D eigenvalue weighted by Crippen LogP contribution is -2.38. The van der Waals surface area contributed by atoms with Crippen molar-refractivity contribution in [2.24, 2.45) is 7.05 Å². The number of amides is 1. The fourth-order valence-electron chi connectivity index (χ4n) is 3.84. The molecule has 1 aromatic carbocycles. The van der Waals surface area contributed by atoms with Crippen LogP contribution in [0.5, 0.6) is 0 Å². The molecule has 4 rings (SSSR count). The van der Waals surface area contributed by atoms with Crippen LogP contribution in [0.15, 0.2) is 35.3 Å². The van der Waals surface area contributed by atoms with Crippen molar-refractivity contribution in [2.45, 2.75) is 38.3 Å². The Bertz CT molecular complexity index is 1010. The Hall–Kier alpha value is -2.83. The minimum absolute atomic E-state index is 0.0755. The summed E-state index contributed by atoms with van der Waals surface area (Å²) in [7, 11) is 3.55. The first-order chi connectivity index (χ1) is 12.5. The summed E-state index contributed by atoms with van der Waals surface area (Å²) >= 11 is 0. The number of benzene rings is 1. The van der Waals surface area contributed by atoms with Gasteiger partial charge in [0, 0.05) is 50.2 Å². The number of hydrogen-bond donors (Lipinski definition) is 1. The highest BCUT2D eigenvalue weighted by Crippen LogP contribution is 2.21. The lowest BCUT2D eigenvalue weighted by atomic mass is 10.1. The molecule has 0 aliphatic carbocycles. The number of H-pyrrole nitrogens is 1. The second kappa shape index (κ2) is 6.48. The molecule has 7 nitrogen and oxygen atoms in total. The van der Waals surface area contributed by atoms with Gasteiger partial charge >= 0.3 is 5.69 Å². The van der Waals surface area contributed by atoms with Crippen molar-refractivity contribution in [1.29, 1.82) is 0 Å². The molecule has 26 heavy (non-hydrogen) atoms. The van der Waals surface area contributed by atoms with Crippen molar-refractivity contribution >= 4 is 16.8 Å². The Morgan fingerprint density at radius 3 is 3.00 bits per heavy atom. The third-order valence-corrected chi connectivity index (χ3v) is 5.43. The van der Waals surface area contributed by atoms with E-state index in [1.165, 1.54) is 4.68 Å². The first-order valence-electron chi connectivity index (χ1n) is 8.98. The maximum atomic E-state index is 12.8. The second-order valence-electron chi connectivity index (χ2n) is 7.00. The van der Waals surface area contributed by atoms with E-state index < -0.39 is 0 Å². The highest BCUT2D eigenvalue weighted by molar-refractivity contribution is 5.88. The van der Waals surface area contributed by atoms with Gasteiger partial charge < -0.3 is 9.88 Å². The van der Waals surface area contributed by atoms with Crippen LogP contribution in [-0.2, 0) is 31.2 Å². The SMILES string of the molecule is CN(C(=O)Cc1c[nH]c2ccccc12)C1CCc2nn(C)c(=O)n2CC1. The van der Waals surface area contributed by atoms with Crippen LogP contribution in [0.25, 0.3) is 10.9 Å². The summed E-state index contributed by atoms with van der Waals surface area (Å²) in [5.74, 6) is 0.921. The van der Waals surface area contributed by atoms with E-state index in [-0.39, 0.29) is 17.6 Å². The summed E-state index contributed by atoms with van der Waals surface area (Å²) in [5.41, 5.74) is 2.00. The minimum Gasteiger partial charge on any atom is -0.361 e. The van der Waals surface area contributed by atoms with Crippen LogP contribution in [0, 0.1) is 0 Å². The maximum Gasteiger partial charge on any atom is 0.345 e. The number of rotatable bonds is 3. The van der Waals surface area contributed by atoms with Gasteiger partial charge in [0.1, 0.15) is 5.82 Å². The molecule has 136 valence electrons. The minimum atomic E-state index is -0.0755. The first kappa shape index (κ1) is 16.6. The number of carbonyl (C=O) groups is 1. The maximum absolute atomic E-state index is 12.8. The zero-order valence-electron chi connectivity index (χ0n) is 15.1. The Labute approximate surface area is 151 Å². The van der Waals surface area contributed by atoms with Crippen LogP contribution in [0.1, 0.15) is 24.2 Å². The number of aromatic amines is 1. The van der Waals surface area contributed by atoms with Crippen LogP contribution in [-0.4, -0.2) is 43.2 Å². The van der Waals surface area contributed by atoms with Gasteiger partial charge in [-0.2, -0.15) is 5.10 Å². The molecule has 1 aliphatic heterocycles. The summed E-state index contributed by atoms with van der Waals surface area (Å²) in [6.07, 6.45) is 4.61. The van der Waals surface area contributed by atoms with Crippen LogP contribution in [0.3, 0.4) is 0 Å². The normalized spacial score (nSPS) is 17.1. The van der Waals surface area contributed by atoms with Gasteiger partial charge in [-0.15, -0.1) is 0 Å². The predicted molar refractivity (Wildman–Crippen MR) is 99.0 cm³/mol. The van der Waals surface area contributed by atoms with Gasteiger partial charge in [-0.1, -0.05) is 18.2 Å². The summed E-state index contributed by atoms with van der Waals surface area (Å²) in [6.45, 7) is 0.609. The van der Waals surface area contributed by atoms with E-state index in [9.17, 15) is 9.59 Å². The number of aromatic nitrogens is 4. The topological polar surface area (TPSA) is 75.9 Å². The van der Waals surface area contributed by atoms with Gasteiger partial charge in [0.15, 0.2) is 0 Å². The third kappa shape index (κ3) is 2.83. The van der Waals surface area contributed by atoms with E-state index in [0.29, 0.717) is 19.4 Å².